The Morgan fingerprint density at radius 2 is 0.964 bits per heavy atom. The average molecular weight is 366 g/mol. The van der Waals surface area contributed by atoms with Gasteiger partial charge in [-0.25, -0.2) is 0 Å². The minimum Gasteiger partial charge on any atom is -0.374 e. The Kier molecular flexibility index (Phi) is 5.67. The molecule has 0 radical (unpaired) electrons. The molecule has 0 bridgehead atoms. The molecular weight excluding hydrogens is 344 g/mol. The third-order valence-corrected chi connectivity index (χ3v) is 4.43. The smallest absolute Gasteiger partial charge is 0.148 e. The fourth-order valence-electron chi connectivity index (χ4n) is 2.73. The van der Waals surface area contributed by atoms with Crippen LogP contribution in [0.15, 0.2) is 84.9 Å². The highest BCUT2D eigenvalue weighted by Crippen LogP contribution is 2.20. The Morgan fingerprint density at radius 1 is 0.571 bits per heavy atom. The molecule has 0 fully saturated rings. The summed E-state index contributed by atoms with van der Waals surface area (Å²) in [5, 5.41) is 21.2. The summed E-state index contributed by atoms with van der Waals surface area (Å²) in [7, 11) is 0. The van der Waals surface area contributed by atoms with E-state index in [1.165, 1.54) is 0 Å². The molecule has 0 aliphatic carbocycles. The van der Waals surface area contributed by atoms with Crippen molar-refractivity contribution in [1.29, 1.82) is 0 Å². The highest BCUT2D eigenvalue weighted by Gasteiger charge is 2.20. The van der Waals surface area contributed by atoms with Gasteiger partial charge in [0.05, 0.1) is 0 Å². The van der Waals surface area contributed by atoms with Crippen LogP contribution in [0.4, 0.5) is 0 Å². The van der Waals surface area contributed by atoms with Crippen LogP contribution >= 0.6 is 0 Å². The van der Waals surface area contributed by atoms with Gasteiger partial charge >= 0.3 is 0 Å². The highest BCUT2D eigenvalue weighted by atomic mass is 16.3. The van der Waals surface area contributed by atoms with Crippen LogP contribution in [-0.2, 0) is 11.2 Å². The molecule has 28 heavy (non-hydrogen) atoms. The van der Waals surface area contributed by atoms with Gasteiger partial charge in [0.1, 0.15) is 11.2 Å². The minimum atomic E-state index is -1.24. The third-order valence-electron chi connectivity index (χ3n) is 4.43. The zero-order valence-electron chi connectivity index (χ0n) is 16.0. The van der Waals surface area contributed by atoms with E-state index in [0.717, 1.165) is 22.3 Å². The molecule has 2 heteroatoms. The lowest BCUT2D eigenvalue weighted by Gasteiger charge is -2.16. The van der Waals surface area contributed by atoms with Crippen LogP contribution in [0.1, 0.15) is 36.1 Å². The van der Waals surface area contributed by atoms with Crippen LogP contribution in [0.25, 0.3) is 0 Å². The Morgan fingerprint density at radius 3 is 1.36 bits per heavy atom. The molecular formula is C26H22O2. The van der Waals surface area contributed by atoms with E-state index in [2.05, 4.69) is 23.7 Å². The largest absolute Gasteiger partial charge is 0.374 e. The first kappa shape index (κ1) is 19.5. The lowest BCUT2D eigenvalue weighted by atomic mass is 9.96. The fourth-order valence-corrected chi connectivity index (χ4v) is 2.73. The van der Waals surface area contributed by atoms with Crippen molar-refractivity contribution >= 4 is 0 Å². The van der Waals surface area contributed by atoms with Gasteiger partial charge < -0.3 is 10.2 Å². The molecule has 138 valence electrons. The zero-order valence-corrected chi connectivity index (χ0v) is 16.0. The molecule has 0 heterocycles. The van der Waals surface area contributed by atoms with Gasteiger partial charge in [-0.05, 0) is 43.2 Å². The Hall–Kier alpha value is -3.30. The first-order valence-corrected chi connectivity index (χ1v) is 9.09. The van der Waals surface area contributed by atoms with Gasteiger partial charge in [0.25, 0.3) is 0 Å². The lowest BCUT2D eigenvalue weighted by Crippen LogP contribution is -2.18. The SMILES string of the molecule is CC(O)(C#Cc1cccc(C#CC(C)(O)c2ccccc2)c1)c1ccccc1. The van der Waals surface area contributed by atoms with Gasteiger partial charge in [-0.1, -0.05) is 90.4 Å². The molecule has 2 nitrogen and oxygen atoms in total. The summed E-state index contributed by atoms with van der Waals surface area (Å²) < 4.78 is 0. The van der Waals surface area contributed by atoms with Crippen molar-refractivity contribution in [3.05, 3.63) is 107 Å². The number of aliphatic hydroxyl groups is 2. The van der Waals surface area contributed by atoms with E-state index in [1.54, 1.807) is 13.8 Å². The second-order valence-electron chi connectivity index (χ2n) is 6.96. The number of hydrogen-bond acceptors (Lipinski definition) is 2. The van der Waals surface area contributed by atoms with Crippen molar-refractivity contribution in [2.45, 2.75) is 25.0 Å². The monoisotopic (exact) mass is 366 g/mol. The average Bonchev–Trinajstić information content (AvgIpc) is 2.73. The molecule has 0 aliphatic heterocycles. The Balaban J connectivity index is 1.83. The topological polar surface area (TPSA) is 40.5 Å². The lowest BCUT2D eigenvalue weighted by molar-refractivity contribution is 0.121. The van der Waals surface area contributed by atoms with E-state index in [0.29, 0.717) is 0 Å². The van der Waals surface area contributed by atoms with Crippen molar-refractivity contribution in [3.8, 4) is 23.7 Å². The molecule has 2 unspecified atom stereocenters. The molecule has 0 spiro atoms. The number of hydrogen-bond donors (Lipinski definition) is 2. The van der Waals surface area contributed by atoms with Gasteiger partial charge in [-0.15, -0.1) is 0 Å². The predicted octanol–water partition coefficient (Wildman–Crippen LogP) is 4.21. The van der Waals surface area contributed by atoms with E-state index in [-0.39, 0.29) is 0 Å². The normalized spacial score (nSPS) is 14.4. The zero-order chi connectivity index (χ0) is 20.0. The summed E-state index contributed by atoms with van der Waals surface area (Å²) in [5.74, 6) is 11.9. The van der Waals surface area contributed by atoms with E-state index in [1.807, 2.05) is 84.9 Å². The van der Waals surface area contributed by atoms with E-state index >= 15 is 0 Å². The molecule has 3 rings (SSSR count). The number of benzene rings is 3. The number of rotatable bonds is 2. The molecule has 0 saturated heterocycles. The summed E-state index contributed by atoms with van der Waals surface area (Å²) in [6.45, 7) is 3.35. The fraction of sp³-hybridized carbons (Fsp3) is 0.154. The first-order chi connectivity index (χ1) is 13.4. The standard InChI is InChI=1S/C26H22O2/c1-25(27,23-12-5-3-6-13-23)18-16-21-10-9-11-22(20-21)17-19-26(2,28)24-14-7-4-8-15-24/h3-15,20,27-28H,1-2H3. The second kappa shape index (κ2) is 8.15. The molecule has 0 saturated carbocycles. The van der Waals surface area contributed by atoms with Crippen molar-refractivity contribution in [1.82, 2.24) is 0 Å². The minimum absolute atomic E-state index is 0.748. The van der Waals surface area contributed by atoms with Crippen LogP contribution in [0.2, 0.25) is 0 Å². The van der Waals surface area contributed by atoms with Gasteiger partial charge in [-0.3, -0.25) is 0 Å². The first-order valence-electron chi connectivity index (χ1n) is 9.09. The quantitative estimate of drug-likeness (QED) is 0.667. The predicted molar refractivity (Wildman–Crippen MR) is 112 cm³/mol. The van der Waals surface area contributed by atoms with Gasteiger partial charge in [0, 0.05) is 11.1 Å². The maximum absolute atomic E-state index is 10.6. The second-order valence-corrected chi connectivity index (χ2v) is 6.96. The highest BCUT2D eigenvalue weighted by molar-refractivity contribution is 5.46. The van der Waals surface area contributed by atoms with Gasteiger partial charge in [-0.2, -0.15) is 0 Å². The van der Waals surface area contributed by atoms with Crippen molar-refractivity contribution in [2.75, 3.05) is 0 Å². The van der Waals surface area contributed by atoms with E-state index in [4.69, 9.17) is 0 Å². The summed E-state index contributed by atoms with van der Waals surface area (Å²) in [4.78, 5) is 0. The summed E-state index contributed by atoms with van der Waals surface area (Å²) in [6.07, 6.45) is 0. The van der Waals surface area contributed by atoms with Crippen molar-refractivity contribution in [3.63, 3.8) is 0 Å². The molecule has 3 aromatic carbocycles. The van der Waals surface area contributed by atoms with Gasteiger partial charge in [0.2, 0.25) is 0 Å². The Bertz CT molecular complexity index is 972. The molecule has 0 amide bonds. The molecule has 3 aromatic rings. The summed E-state index contributed by atoms with van der Waals surface area (Å²) in [6, 6.07) is 26.2. The van der Waals surface area contributed by atoms with Gasteiger partial charge in [0.15, 0.2) is 0 Å². The molecule has 0 aromatic heterocycles. The Labute approximate surface area is 166 Å². The van der Waals surface area contributed by atoms with Crippen LogP contribution in [0, 0.1) is 23.7 Å². The third kappa shape index (κ3) is 4.90. The maximum atomic E-state index is 10.6. The molecule has 0 aliphatic rings. The molecule has 2 atom stereocenters. The van der Waals surface area contributed by atoms with Crippen LogP contribution in [-0.4, -0.2) is 10.2 Å². The van der Waals surface area contributed by atoms with E-state index < -0.39 is 11.2 Å². The molecule has 2 N–H and O–H groups in total. The summed E-state index contributed by atoms with van der Waals surface area (Å²) >= 11 is 0. The van der Waals surface area contributed by atoms with Crippen molar-refractivity contribution < 1.29 is 10.2 Å². The van der Waals surface area contributed by atoms with E-state index in [9.17, 15) is 10.2 Å². The van der Waals surface area contributed by atoms with Crippen LogP contribution in [0.3, 0.4) is 0 Å². The van der Waals surface area contributed by atoms with Crippen molar-refractivity contribution in [2.24, 2.45) is 0 Å². The van der Waals surface area contributed by atoms with Crippen LogP contribution in [0.5, 0.6) is 0 Å². The van der Waals surface area contributed by atoms with Crippen LogP contribution < -0.4 is 0 Å². The summed E-state index contributed by atoms with van der Waals surface area (Å²) in [5.41, 5.74) is 0.527. The maximum Gasteiger partial charge on any atom is 0.148 e.